The van der Waals surface area contributed by atoms with Crippen LogP contribution in [0.1, 0.15) is 18.1 Å². The molecular weight excluding hydrogens is 176 g/mol. The summed E-state index contributed by atoms with van der Waals surface area (Å²) < 4.78 is 5.31. The van der Waals surface area contributed by atoms with Crippen LogP contribution in [0.25, 0.3) is 6.08 Å². The number of aliphatic hydroxyl groups excluding tert-OH is 1. The molecule has 0 spiro atoms. The highest BCUT2D eigenvalue weighted by Gasteiger charge is 1.97. The van der Waals surface area contributed by atoms with E-state index < -0.39 is 0 Å². The summed E-state index contributed by atoms with van der Waals surface area (Å²) in [6.45, 7) is 4.44. The van der Waals surface area contributed by atoms with Gasteiger partial charge in [0.25, 0.3) is 0 Å². The number of ether oxygens (including phenoxy) is 1. The van der Waals surface area contributed by atoms with Gasteiger partial charge in [0.15, 0.2) is 0 Å². The van der Waals surface area contributed by atoms with E-state index in [1.165, 1.54) is 5.56 Å². The molecule has 0 unspecified atom stereocenters. The molecule has 14 heavy (non-hydrogen) atoms. The van der Waals surface area contributed by atoms with Crippen LogP contribution >= 0.6 is 0 Å². The average Bonchev–Trinajstić information content (AvgIpc) is 2.19. The lowest BCUT2D eigenvalue weighted by Gasteiger charge is -2.06. The largest absolute Gasteiger partial charge is 0.491 e. The summed E-state index contributed by atoms with van der Waals surface area (Å²) in [7, 11) is 0. The van der Waals surface area contributed by atoms with Gasteiger partial charge in [-0.2, -0.15) is 0 Å². The zero-order chi connectivity index (χ0) is 10.4. The topological polar surface area (TPSA) is 29.5 Å². The van der Waals surface area contributed by atoms with Crippen LogP contribution in [0.4, 0.5) is 0 Å². The van der Waals surface area contributed by atoms with Crippen LogP contribution in [0.15, 0.2) is 24.3 Å². The van der Waals surface area contributed by atoms with E-state index in [1.54, 1.807) is 0 Å². The molecule has 0 aromatic heterocycles. The molecule has 1 aromatic rings. The Morgan fingerprint density at radius 1 is 1.43 bits per heavy atom. The third-order valence-corrected chi connectivity index (χ3v) is 1.96. The molecule has 0 radical (unpaired) electrons. The van der Waals surface area contributed by atoms with Crippen molar-refractivity contribution in [1.82, 2.24) is 0 Å². The maximum atomic E-state index is 8.62. The summed E-state index contributed by atoms with van der Waals surface area (Å²) in [5.74, 6) is 0.803. The minimum Gasteiger partial charge on any atom is -0.491 e. The molecule has 2 heteroatoms. The summed E-state index contributed by atoms with van der Waals surface area (Å²) in [5, 5.41) is 8.62. The van der Waals surface area contributed by atoms with Gasteiger partial charge in [0.1, 0.15) is 12.4 Å². The minimum absolute atomic E-state index is 0.0484. The summed E-state index contributed by atoms with van der Waals surface area (Å²) >= 11 is 0. The molecule has 0 amide bonds. The molecule has 0 saturated heterocycles. The zero-order valence-electron chi connectivity index (χ0n) is 8.66. The zero-order valence-corrected chi connectivity index (χ0v) is 8.66. The van der Waals surface area contributed by atoms with Crippen LogP contribution in [-0.2, 0) is 0 Å². The van der Waals surface area contributed by atoms with Gasteiger partial charge in [0.05, 0.1) is 6.61 Å². The lowest BCUT2D eigenvalue weighted by atomic mass is 10.1. The fraction of sp³-hybridized carbons (Fsp3) is 0.333. The van der Waals surface area contributed by atoms with Crippen molar-refractivity contribution >= 4 is 6.08 Å². The molecule has 0 atom stereocenters. The number of hydrogen-bond donors (Lipinski definition) is 1. The van der Waals surface area contributed by atoms with Crippen molar-refractivity contribution in [3.05, 3.63) is 35.4 Å². The average molecular weight is 192 g/mol. The summed E-state index contributed by atoms with van der Waals surface area (Å²) in [6, 6.07) is 5.91. The number of aryl methyl sites for hydroxylation is 1. The standard InChI is InChI=1S/C12H16O2/c1-3-4-11-9-12(14-8-7-13)6-5-10(11)2/h3-6,9,13H,7-8H2,1-2H3/b4-3+. The lowest BCUT2D eigenvalue weighted by molar-refractivity contribution is 0.201. The highest BCUT2D eigenvalue weighted by atomic mass is 16.5. The van der Waals surface area contributed by atoms with Crippen molar-refractivity contribution in [2.24, 2.45) is 0 Å². The molecule has 1 rings (SSSR count). The minimum atomic E-state index is 0.0484. The van der Waals surface area contributed by atoms with E-state index in [1.807, 2.05) is 37.3 Å². The predicted molar refractivity (Wildman–Crippen MR) is 58.5 cm³/mol. The Hall–Kier alpha value is -1.28. The van der Waals surface area contributed by atoms with E-state index in [0.29, 0.717) is 6.61 Å². The quantitative estimate of drug-likeness (QED) is 0.793. The SMILES string of the molecule is C/C=C/c1cc(OCCO)ccc1C. The number of benzene rings is 1. The third-order valence-electron chi connectivity index (χ3n) is 1.96. The van der Waals surface area contributed by atoms with E-state index in [9.17, 15) is 0 Å². The first-order valence-electron chi connectivity index (χ1n) is 4.75. The molecule has 0 aliphatic heterocycles. The summed E-state index contributed by atoms with van der Waals surface area (Å²) in [5.41, 5.74) is 2.38. The van der Waals surface area contributed by atoms with Crippen molar-refractivity contribution < 1.29 is 9.84 Å². The second-order valence-electron chi connectivity index (χ2n) is 3.09. The highest BCUT2D eigenvalue weighted by Crippen LogP contribution is 2.18. The van der Waals surface area contributed by atoms with Crippen molar-refractivity contribution in [2.75, 3.05) is 13.2 Å². The van der Waals surface area contributed by atoms with Gasteiger partial charge in [-0.15, -0.1) is 0 Å². The Morgan fingerprint density at radius 2 is 2.21 bits per heavy atom. The number of allylic oxidation sites excluding steroid dienone is 1. The highest BCUT2D eigenvalue weighted by molar-refractivity contribution is 5.55. The van der Waals surface area contributed by atoms with Crippen LogP contribution in [0.3, 0.4) is 0 Å². The summed E-state index contributed by atoms with van der Waals surface area (Å²) in [6.07, 6.45) is 4.04. The van der Waals surface area contributed by atoms with E-state index >= 15 is 0 Å². The molecular formula is C12H16O2. The first-order valence-corrected chi connectivity index (χ1v) is 4.75. The Balaban J connectivity index is 2.83. The van der Waals surface area contributed by atoms with Gasteiger partial charge < -0.3 is 9.84 Å². The van der Waals surface area contributed by atoms with Crippen molar-refractivity contribution in [1.29, 1.82) is 0 Å². The fourth-order valence-electron chi connectivity index (χ4n) is 1.23. The number of aliphatic hydroxyl groups is 1. The smallest absolute Gasteiger partial charge is 0.120 e. The van der Waals surface area contributed by atoms with E-state index in [0.717, 1.165) is 11.3 Å². The second kappa shape index (κ2) is 5.45. The van der Waals surface area contributed by atoms with Crippen LogP contribution in [0.5, 0.6) is 5.75 Å². The Labute approximate surface area is 84.8 Å². The molecule has 1 N–H and O–H groups in total. The van der Waals surface area contributed by atoms with Crippen molar-refractivity contribution in [3.8, 4) is 5.75 Å². The van der Waals surface area contributed by atoms with Crippen LogP contribution in [0.2, 0.25) is 0 Å². The van der Waals surface area contributed by atoms with Gasteiger partial charge in [-0.1, -0.05) is 18.2 Å². The van der Waals surface area contributed by atoms with Gasteiger partial charge in [-0.05, 0) is 37.1 Å². The third kappa shape index (κ3) is 2.89. The number of rotatable bonds is 4. The lowest BCUT2D eigenvalue weighted by Crippen LogP contribution is -2.01. The molecule has 1 aromatic carbocycles. The molecule has 0 saturated carbocycles. The van der Waals surface area contributed by atoms with Crippen LogP contribution < -0.4 is 4.74 Å². The van der Waals surface area contributed by atoms with Crippen molar-refractivity contribution in [2.45, 2.75) is 13.8 Å². The molecule has 76 valence electrons. The normalized spacial score (nSPS) is 10.8. The van der Waals surface area contributed by atoms with Gasteiger partial charge >= 0.3 is 0 Å². The molecule has 0 fully saturated rings. The van der Waals surface area contributed by atoms with Crippen molar-refractivity contribution in [3.63, 3.8) is 0 Å². The summed E-state index contributed by atoms with van der Waals surface area (Å²) in [4.78, 5) is 0. The molecule has 0 aliphatic carbocycles. The maximum absolute atomic E-state index is 8.62. The van der Waals surface area contributed by atoms with Crippen LogP contribution in [-0.4, -0.2) is 18.3 Å². The Bertz CT molecular complexity index is 316. The number of hydrogen-bond acceptors (Lipinski definition) is 2. The van der Waals surface area contributed by atoms with E-state index in [2.05, 4.69) is 6.92 Å². The second-order valence-corrected chi connectivity index (χ2v) is 3.09. The van der Waals surface area contributed by atoms with E-state index in [4.69, 9.17) is 9.84 Å². The molecule has 2 nitrogen and oxygen atoms in total. The van der Waals surface area contributed by atoms with Gasteiger partial charge in [-0.25, -0.2) is 0 Å². The Kier molecular flexibility index (Phi) is 4.20. The molecule has 0 bridgehead atoms. The maximum Gasteiger partial charge on any atom is 0.120 e. The van der Waals surface area contributed by atoms with E-state index in [-0.39, 0.29) is 6.61 Å². The van der Waals surface area contributed by atoms with Crippen LogP contribution in [0, 0.1) is 6.92 Å². The monoisotopic (exact) mass is 192 g/mol. The molecule has 0 aliphatic rings. The Morgan fingerprint density at radius 3 is 2.86 bits per heavy atom. The first-order chi connectivity index (χ1) is 6.77. The fourth-order valence-corrected chi connectivity index (χ4v) is 1.23. The molecule has 0 heterocycles. The van der Waals surface area contributed by atoms with Gasteiger partial charge in [0.2, 0.25) is 0 Å². The predicted octanol–water partition coefficient (Wildman–Crippen LogP) is 2.40. The van der Waals surface area contributed by atoms with Gasteiger partial charge in [0, 0.05) is 0 Å². The van der Waals surface area contributed by atoms with Gasteiger partial charge in [-0.3, -0.25) is 0 Å². The first kappa shape index (κ1) is 10.8.